The van der Waals surface area contributed by atoms with Gasteiger partial charge in [-0.15, -0.1) is 0 Å². The average molecular weight is 390 g/mol. The quantitative estimate of drug-likeness (QED) is 0.624. The molecule has 0 saturated carbocycles. The predicted molar refractivity (Wildman–Crippen MR) is 97.1 cm³/mol. The molecule has 27 heavy (non-hydrogen) atoms. The minimum Gasteiger partial charge on any atom is -0.508 e. The number of carbonyl (C=O) groups excluding carboxylic acids is 2. The summed E-state index contributed by atoms with van der Waals surface area (Å²) >= 11 is 6.02. The van der Waals surface area contributed by atoms with Gasteiger partial charge in [0, 0.05) is 22.7 Å². The number of carboxylic acid groups (broad SMARTS) is 1. The minimum atomic E-state index is -1.12. The number of phenols is 1. The van der Waals surface area contributed by atoms with Gasteiger partial charge in [0.25, 0.3) is 5.91 Å². The third kappa shape index (κ3) is 3.95. The molecule has 0 aromatic heterocycles. The number of fused-ring (bicyclic) bond motifs is 1. The van der Waals surface area contributed by atoms with Crippen LogP contribution in [0, 0.1) is 0 Å². The predicted octanol–water partition coefficient (Wildman–Crippen LogP) is 2.51. The first-order valence-electron chi connectivity index (χ1n) is 8.05. The highest BCUT2D eigenvalue weighted by molar-refractivity contribution is 6.30. The largest absolute Gasteiger partial charge is 0.508 e. The van der Waals surface area contributed by atoms with Gasteiger partial charge < -0.3 is 15.5 Å². The van der Waals surface area contributed by atoms with Gasteiger partial charge in [-0.1, -0.05) is 23.7 Å². The summed E-state index contributed by atoms with van der Waals surface area (Å²) in [6.45, 7) is 0. The third-order valence-electron chi connectivity index (χ3n) is 4.02. The highest BCUT2D eigenvalue weighted by atomic mass is 35.5. The van der Waals surface area contributed by atoms with E-state index >= 15 is 0 Å². The van der Waals surface area contributed by atoms with Crippen molar-refractivity contribution in [1.29, 1.82) is 0 Å². The van der Waals surface area contributed by atoms with E-state index in [9.17, 15) is 19.5 Å². The number of carbonyl (C=O) groups is 3. The fraction of sp³-hybridized carbons (Fsp3) is 0.167. The number of halogens is 1. The maximum Gasteiger partial charge on any atom is 0.303 e. The molecule has 2 amide bonds. The first kappa shape index (κ1) is 18.5. The van der Waals surface area contributed by atoms with Gasteiger partial charge in [-0.3, -0.25) is 19.8 Å². The third-order valence-corrected chi connectivity index (χ3v) is 4.26. The van der Waals surface area contributed by atoms with Crippen LogP contribution in [0.4, 0.5) is 5.69 Å². The second-order valence-corrected chi connectivity index (χ2v) is 6.34. The number of aliphatic carboxylic acids is 1. The topological polar surface area (TPSA) is 119 Å². The van der Waals surface area contributed by atoms with Gasteiger partial charge in [0.1, 0.15) is 5.75 Å². The Hall–Kier alpha value is -3.26. The summed E-state index contributed by atoms with van der Waals surface area (Å²) in [6, 6.07) is 11.1. The summed E-state index contributed by atoms with van der Waals surface area (Å²) < 4.78 is 0. The van der Waals surface area contributed by atoms with Crippen LogP contribution in [0.15, 0.2) is 42.5 Å². The fourth-order valence-corrected chi connectivity index (χ4v) is 2.92. The number of phenolic OH excluding ortho intramolecular Hbond substituents is 1. The van der Waals surface area contributed by atoms with Gasteiger partial charge in [-0.05, 0) is 30.3 Å². The van der Waals surface area contributed by atoms with Crippen molar-refractivity contribution in [2.24, 2.45) is 0 Å². The van der Waals surface area contributed by atoms with E-state index in [-0.39, 0.29) is 24.2 Å². The number of nitrogens with one attached hydrogen (secondary N) is 2. The van der Waals surface area contributed by atoms with Gasteiger partial charge in [0.05, 0.1) is 12.0 Å². The van der Waals surface area contributed by atoms with Crippen LogP contribution in [-0.2, 0) is 9.59 Å². The van der Waals surface area contributed by atoms with Crippen LogP contribution in [0.1, 0.15) is 34.9 Å². The smallest absolute Gasteiger partial charge is 0.303 e. The molecule has 2 aromatic carbocycles. The van der Waals surface area contributed by atoms with Crippen molar-refractivity contribution in [3.05, 3.63) is 58.6 Å². The van der Waals surface area contributed by atoms with Gasteiger partial charge in [-0.2, -0.15) is 0 Å². The first-order valence-corrected chi connectivity index (χ1v) is 8.43. The van der Waals surface area contributed by atoms with Crippen LogP contribution in [0.5, 0.6) is 5.75 Å². The van der Waals surface area contributed by atoms with E-state index < -0.39 is 23.9 Å². The molecule has 0 bridgehead atoms. The van der Waals surface area contributed by atoms with E-state index in [1.807, 2.05) is 0 Å². The molecule has 1 unspecified atom stereocenters. The molecule has 0 aliphatic carbocycles. The summed E-state index contributed by atoms with van der Waals surface area (Å²) in [7, 11) is 0. The molecule has 3 rings (SSSR count). The summed E-state index contributed by atoms with van der Waals surface area (Å²) in [5.41, 5.74) is 3.56. The highest BCUT2D eigenvalue weighted by Gasteiger charge is 2.35. The van der Waals surface area contributed by atoms with Crippen molar-refractivity contribution in [2.45, 2.75) is 19.0 Å². The molecule has 0 radical (unpaired) electrons. The van der Waals surface area contributed by atoms with E-state index in [0.717, 1.165) is 5.01 Å². The van der Waals surface area contributed by atoms with Gasteiger partial charge in [0.15, 0.2) is 6.17 Å². The second-order valence-electron chi connectivity index (χ2n) is 5.90. The Labute approximate surface area is 159 Å². The molecule has 9 heteroatoms. The van der Waals surface area contributed by atoms with Crippen molar-refractivity contribution in [2.75, 3.05) is 5.32 Å². The molecule has 4 N–H and O–H groups in total. The van der Waals surface area contributed by atoms with Crippen molar-refractivity contribution in [1.82, 2.24) is 10.4 Å². The number of benzene rings is 2. The second kappa shape index (κ2) is 7.55. The summed E-state index contributed by atoms with van der Waals surface area (Å²) in [5, 5.41) is 23.4. The first-order chi connectivity index (χ1) is 12.9. The maximum atomic E-state index is 12.9. The van der Waals surface area contributed by atoms with Crippen LogP contribution in [0.2, 0.25) is 5.02 Å². The lowest BCUT2D eigenvalue weighted by molar-refractivity contribution is -0.139. The van der Waals surface area contributed by atoms with Gasteiger partial charge in [-0.25, -0.2) is 5.01 Å². The van der Waals surface area contributed by atoms with E-state index in [0.29, 0.717) is 16.3 Å². The summed E-state index contributed by atoms with van der Waals surface area (Å²) in [4.78, 5) is 35.7. The molecule has 1 heterocycles. The number of aromatic hydroxyl groups is 1. The molecule has 1 aliphatic rings. The Morgan fingerprint density at radius 3 is 2.67 bits per heavy atom. The Bertz CT molecular complexity index is 918. The number of para-hydroxylation sites is 1. The van der Waals surface area contributed by atoms with Crippen LogP contribution in [-0.4, -0.2) is 33.0 Å². The van der Waals surface area contributed by atoms with Crippen LogP contribution in [0.3, 0.4) is 0 Å². The van der Waals surface area contributed by atoms with Crippen molar-refractivity contribution < 1.29 is 24.6 Å². The molecule has 140 valence electrons. The Morgan fingerprint density at radius 2 is 1.93 bits per heavy atom. The number of anilines is 1. The zero-order chi connectivity index (χ0) is 19.6. The lowest BCUT2D eigenvalue weighted by Gasteiger charge is -2.38. The number of amides is 2. The minimum absolute atomic E-state index is 0.117. The Balaban J connectivity index is 1.97. The Morgan fingerprint density at radius 1 is 1.19 bits per heavy atom. The van der Waals surface area contributed by atoms with Crippen LogP contribution < -0.4 is 10.7 Å². The van der Waals surface area contributed by atoms with E-state index in [1.165, 1.54) is 18.2 Å². The lowest BCUT2D eigenvalue weighted by Crippen LogP contribution is -2.52. The number of hydrogen-bond acceptors (Lipinski definition) is 5. The van der Waals surface area contributed by atoms with Gasteiger partial charge >= 0.3 is 5.97 Å². The van der Waals surface area contributed by atoms with Crippen molar-refractivity contribution >= 4 is 35.1 Å². The molecular formula is C18H16ClN3O5. The zero-order valence-electron chi connectivity index (χ0n) is 14.0. The fourth-order valence-electron chi connectivity index (χ4n) is 2.74. The number of hydrazine groups is 1. The molecule has 0 fully saturated rings. The van der Waals surface area contributed by atoms with Crippen molar-refractivity contribution in [3.63, 3.8) is 0 Å². The Kier molecular flexibility index (Phi) is 5.18. The van der Waals surface area contributed by atoms with Crippen LogP contribution in [0.25, 0.3) is 0 Å². The molecule has 8 nitrogen and oxygen atoms in total. The summed E-state index contributed by atoms with van der Waals surface area (Å²) in [6.07, 6.45) is -1.60. The standard InChI is InChI=1S/C18H16ClN3O5/c19-10-5-6-14(23)12(9-10)17-20-13-4-2-1-3-11(13)18(27)22(17)21-15(24)7-8-16(25)26/h1-6,9,17,20,23H,7-8H2,(H,21,24)(H,25,26). The number of rotatable bonds is 5. The monoisotopic (exact) mass is 389 g/mol. The molecule has 2 aromatic rings. The van der Waals surface area contributed by atoms with E-state index in [4.69, 9.17) is 16.7 Å². The normalized spacial score (nSPS) is 15.7. The highest BCUT2D eigenvalue weighted by Crippen LogP contribution is 2.36. The maximum absolute atomic E-state index is 12.9. The molecule has 0 spiro atoms. The molecular weight excluding hydrogens is 374 g/mol. The average Bonchev–Trinajstić information content (AvgIpc) is 2.64. The van der Waals surface area contributed by atoms with Crippen LogP contribution >= 0.6 is 11.6 Å². The number of hydrogen-bond donors (Lipinski definition) is 4. The summed E-state index contributed by atoms with van der Waals surface area (Å²) in [5.74, 6) is -2.38. The zero-order valence-corrected chi connectivity index (χ0v) is 14.7. The van der Waals surface area contributed by atoms with Crippen molar-refractivity contribution in [3.8, 4) is 5.75 Å². The van der Waals surface area contributed by atoms with E-state index in [1.54, 1.807) is 24.3 Å². The number of nitrogens with zero attached hydrogens (tertiary/aromatic N) is 1. The molecule has 1 aliphatic heterocycles. The SMILES string of the molecule is O=C(O)CCC(=O)NN1C(=O)c2ccccc2NC1c1cc(Cl)ccc1O. The van der Waals surface area contributed by atoms with Gasteiger partial charge in [0.2, 0.25) is 5.91 Å². The molecule has 1 atom stereocenters. The molecule has 0 saturated heterocycles. The van der Waals surface area contributed by atoms with E-state index in [2.05, 4.69) is 10.7 Å². The lowest BCUT2D eigenvalue weighted by atomic mass is 10.0. The number of carboxylic acids is 1.